The number of carbonyl (C=O) groups excluding carboxylic acids is 3. The molecule has 1 fully saturated rings. The largest absolute Gasteiger partial charge is 0.496 e. The predicted molar refractivity (Wildman–Crippen MR) is 125 cm³/mol. The van der Waals surface area contributed by atoms with Crippen LogP contribution in [0.25, 0.3) is 10.9 Å². The van der Waals surface area contributed by atoms with Gasteiger partial charge in [0.15, 0.2) is 0 Å². The Labute approximate surface area is 194 Å². The highest BCUT2D eigenvalue weighted by molar-refractivity contribution is 5.99. The van der Waals surface area contributed by atoms with Crippen molar-refractivity contribution in [2.45, 2.75) is 45.2 Å². The van der Waals surface area contributed by atoms with Gasteiger partial charge in [-0.25, -0.2) is 0 Å². The number of rotatable bonds is 11. The summed E-state index contributed by atoms with van der Waals surface area (Å²) in [5.41, 5.74) is 1.26. The fourth-order valence-corrected chi connectivity index (χ4v) is 4.30. The van der Waals surface area contributed by atoms with E-state index in [0.29, 0.717) is 43.3 Å². The van der Waals surface area contributed by atoms with E-state index < -0.39 is 12.0 Å². The van der Waals surface area contributed by atoms with Gasteiger partial charge in [0.05, 0.1) is 14.2 Å². The lowest BCUT2D eigenvalue weighted by Gasteiger charge is -2.25. The molecule has 2 aromatic rings. The Bertz CT molecular complexity index is 986. The van der Waals surface area contributed by atoms with Crippen molar-refractivity contribution < 1.29 is 23.9 Å². The Morgan fingerprint density at radius 1 is 1.24 bits per heavy atom. The third-order valence-electron chi connectivity index (χ3n) is 5.96. The fourth-order valence-electron chi connectivity index (χ4n) is 4.30. The van der Waals surface area contributed by atoms with Crippen molar-refractivity contribution in [3.05, 3.63) is 30.0 Å². The van der Waals surface area contributed by atoms with Gasteiger partial charge in [0.1, 0.15) is 17.5 Å². The zero-order chi connectivity index (χ0) is 24.0. The molecule has 0 aliphatic carbocycles. The molecule has 0 saturated carbocycles. The molecule has 0 radical (unpaired) electrons. The van der Waals surface area contributed by atoms with Gasteiger partial charge in [-0.3, -0.25) is 14.4 Å². The SMILES string of the molecule is COC(=O)[C@H](C[C@@H]1CCNC1=O)NC[C@H](CC(C)C)NC(=O)c1cc2c(OC)cccc2[nH]1. The van der Waals surface area contributed by atoms with E-state index in [4.69, 9.17) is 9.47 Å². The minimum Gasteiger partial charge on any atom is -0.496 e. The van der Waals surface area contributed by atoms with Crippen LogP contribution in [0.4, 0.5) is 0 Å². The first-order valence-electron chi connectivity index (χ1n) is 11.4. The van der Waals surface area contributed by atoms with E-state index in [9.17, 15) is 14.4 Å². The molecular weight excluding hydrogens is 424 g/mol. The number of hydrogen-bond acceptors (Lipinski definition) is 6. The maximum Gasteiger partial charge on any atom is 0.322 e. The first-order valence-corrected chi connectivity index (χ1v) is 11.4. The molecule has 3 atom stereocenters. The molecule has 1 aromatic heterocycles. The Balaban J connectivity index is 1.68. The molecule has 2 heterocycles. The Morgan fingerprint density at radius 2 is 2.03 bits per heavy atom. The molecule has 1 aliphatic heterocycles. The van der Waals surface area contributed by atoms with Crippen LogP contribution < -0.4 is 20.7 Å². The summed E-state index contributed by atoms with van der Waals surface area (Å²) >= 11 is 0. The highest BCUT2D eigenvalue weighted by Crippen LogP contribution is 2.26. The highest BCUT2D eigenvalue weighted by Gasteiger charge is 2.31. The first kappa shape index (κ1) is 24.6. The van der Waals surface area contributed by atoms with Crippen LogP contribution in [-0.4, -0.2) is 62.2 Å². The molecule has 33 heavy (non-hydrogen) atoms. The number of H-pyrrole nitrogens is 1. The second-order valence-electron chi connectivity index (χ2n) is 8.90. The van der Waals surface area contributed by atoms with Gasteiger partial charge in [0, 0.05) is 36.0 Å². The standard InChI is InChI=1S/C24H34N4O5/c1-14(2)10-16(13-26-20(24(31)33-4)11-15-8-9-25-22(15)29)27-23(30)19-12-17-18(28-19)6-5-7-21(17)32-3/h5-7,12,14-16,20,26,28H,8-11,13H2,1-4H3,(H,25,29)(H,27,30)/t15-,16-,20-/m0/s1. The zero-order valence-electron chi connectivity index (χ0n) is 19.7. The molecule has 0 unspecified atom stereocenters. The molecule has 1 saturated heterocycles. The normalized spacial score (nSPS) is 17.6. The third-order valence-corrected chi connectivity index (χ3v) is 5.96. The van der Waals surface area contributed by atoms with Crippen molar-refractivity contribution in [1.82, 2.24) is 20.9 Å². The molecule has 0 bridgehead atoms. The Kier molecular flexibility index (Phi) is 8.32. The van der Waals surface area contributed by atoms with E-state index in [0.717, 1.165) is 17.3 Å². The fraction of sp³-hybridized carbons (Fsp3) is 0.542. The number of esters is 1. The summed E-state index contributed by atoms with van der Waals surface area (Å²) in [4.78, 5) is 40.4. The van der Waals surface area contributed by atoms with Crippen molar-refractivity contribution >= 4 is 28.7 Å². The van der Waals surface area contributed by atoms with Gasteiger partial charge in [-0.2, -0.15) is 0 Å². The van der Waals surface area contributed by atoms with Crippen LogP contribution in [0.5, 0.6) is 5.75 Å². The van der Waals surface area contributed by atoms with E-state index >= 15 is 0 Å². The van der Waals surface area contributed by atoms with E-state index in [1.165, 1.54) is 7.11 Å². The summed E-state index contributed by atoms with van der Waals surface area (Å²) < 4.78 is 10.3. The summed E-state index contributed by atoms with van der Waals surface area (Å²) in [7, 11) is 2.93. The van der Waals surface area contributed by atoms with Crippen molar-refractivity contribution in [2.75, 3.05) is 27.3 Å². The van der Waals surface area contributed by atoms with Gasteiger partial charge < -0.3 is 30.4 Å². The average molecular weight is 459 g/mol. The lowest BCUT2D eigenvalue weighted by Crippen LogP contribution is -2.48. The maximum absolute atomic E-state index is 13.0. The van der Waals surface area contributed by atoms with Crippen LogP contribution in [0.15, 0.2) is 24.3 Å². The van der Waals surface area contributed by atoms with Crippen molar-refractivity contribution in [2.24, 2.45) is 11.8 Å². The molecule has 180 valence electrons. The minimum atomic E-state index is -0.618. The van der Waals surface area contributed by atoms with Gasteiger partial charge >= 0.3 is 5.97 Å². The molecule has 0 spiro atoms. The molecule has 9 nitrogen and oxygen atoms in total. The van der Waals surface area contributed by atoms with Gasteiger partial charge in [0.25, 0.3) is 5.91 Å². The van der Waals surface area contributed by atoms with Crippen LogP contribution in [0.2, 0.25) is 0 Å². The van der Waals surface area contributed by atoms with Crippen LogP contribution in [-0.2, 0) is 14.3 Å². The van der Waals surface area contributed by atoms with E-state index in [1.807, 2.05) is 18.2 Å². The van der Waals surface area contributed by atoms with E-state index in [2.05, 4.69) is 34.8 Å². The van der Waals surface area contributed by atoms with E-state index in [1.54, 1.807) is 13.2 Å². The molecule has 2 amide bonds. The number of methoxy groups -OCH3 is 2. The van der Waals surface area contributed by atoms with Gasteiger partial charge in [-0.05, 0) is 43.4 Å². The molecule has 4 N–H and O–H groups in total. The number of amides is 2. The summed E-state index contributed by atoms with van der Waals surface area (Å²) in [6, 6.07) is 6.55. The number of hydrogen-bond donors (Lipinski definition) is 4. The van der Waals surface area contributed by atoms with Gasteiger partial charge in [0.2, 0.25) is 5.91 Å². The topological polar surface area (TPSA) is 122 Å². The highest BCUT2D eigenvalue weighted by atomic mass is 16.5. The number of aromatic nitrogens is 1. The summed E-state index contributed by atoms with van der Waals surface area (Å²) in [6.07, 6.45) is 1.78. The number of aromatic amines is 1. The Hall–Kier alpha value is -3.07. The first-order chi connectivity index (χ1) is 15.8. The zero-order valence-corrected chi connectivity index (χ0v) is 19.7. The van der Waals surface area contributed by atoms with Crippen molar-refractivity contribution in [3.63, 3.8) is 0 Å². The van der Waals surface area contributed by atoms with Crippen molar-refractivity contribution in [3.8, 4) is 5.75 Å². The lowest BCUT2D eigenvalue weighted by molar-refractivity contribution is -0.143. The van der Waals surface area contributed by atoms with Crippen LogP contribution >= 0.6 is 0 Å². The molecule has 3 rings (SSSR count). The minimum absolute atomic E-state index is 0.0352. The number of fused-ring (bicyclic) bond motifs is 1. The lowest BCUT2D eigenvalue weighted by atomic mass is 9.97. The third kappa shape index (κ3) is 6.25. The van der Waals surface area contributed by atoms with Gasteiger partial charge in [-0.1, -0.05) is 19.9 Å². The number of nitrogens with one attached hydrogen (secondary N) is 4. The predicted octanol–water partition coefficient (Wildman–Crippen LogP) is 1.98. The van der Waals surface area contributed by atoms with Crippen LogP contribution in [0, 0.1) is 11.8 Å². The second-order valence-corrected chi connectivity index (χ2v) is 8.90. The maximum atomic E-state index is 13.0. The molecule has 9 heteroatoms. The second kappa shape index (κ2) is 11.2. The molecular formula is C24H34N4O5. The quantitative estimate of drug-likeness (QED) is 0.382. The Morgan fingerprint density at radius 3 is 2.67 bits per heavy atom. The number of carbonyl (C=O) groups is 3. The van der Waals surface area contributed by atoms with Gasteiger partial charge in [-0.15, -0.1) is 0 Å². The monoisotopic (exact) mass is 458 g/mol. The number of benzene rings is 1. The van der Waals surface area contributed by atoms with Crippen LogP contribution in [0.3, 0.4) is 0 Å². The molecule has 1 aliphatic rings. The summed E-state index contributed by atoms with van der Waals surface area (Å²) in [6.45, 7) is 5.15. The van der Waals surface area contributed by atoms with E-state index in [-0.39, 0.29) is 23.8 Å². The summed E-state index contributed by atoms with van der Waals surface area (Å²) in [5.74, 6) is 0.128. The average Bonchev–Trinajstić information content (AvgIpc) is 3.41. The summed E-state index contributed by atoms with van der Waals surface area (Å²) in [5, 5.41) is 9.93. The van der Waals surface area contributed by atoms with Crippen molar-refractivity contribution in [1.29, 1.82) is 0 Å². The number of ether oxygens (including phenoxy) is 2. The smallest absolute Gasteiger partial charge is 0.322 e. The van der Waals surface area contributed by atoms with Crippen LogP contribution in [0.1, 0.15) is 43.6 Å². The molecule has 1 aromatic carbocycles.